The Balaban J connectivity index is 3.08. The molecule has 1 aliphatic rings. The van der Waals surface area contributed by atoms with Gasteiger partial charge < -0.3 is 4.74 Å². The lowest BCUT2D eigenvalue weighted by atomic mass is 9.91. The minimum Gasteiger partial charge on any atom is -0.477 e. The third-order valence-corrected chi connectivity index (χ3v) is 2.74. The van der Waals surface area contributed by atoms with Gasteiger partial charge in [-0.3, -0.25) is 0 Å². The standard InChI is InChI=1S/C13H20O/c1-5-10-9-14-13(8-4)12(7-3)11(10)6-2/h5-8H2,1-4H3. The summed E-state index contributed by atoms with van der Waals surface area (Å²) < 4.78 is 5.54. The lowest BCUT2D eigenvalue weighted by Crippen LogP contribution is -2.08. The predicted octanol–water partition coefficient (Wildman–Crippen LogP) is 4.25. The number of ether oxygens (including phenoxy) is 1. The summed E-state index contributed by atoms with van der Waals surface area (Å²) in [6.45, 7) is 11.8. The largest absolute Gasteiger partial charge is 0.477 e. The van der Waals surface area contributed by atoms with Gasteiger partial charge in [0.1, 0.15) is 5.76 Å². The zero-order chi connectivity index (χ0) is 10.6. The van der Waals surface area contributed by atoms with Gasteiger partial charge in [-0.25, -0.2) is 0 Å². The van der Waals surface area contributed by atoms with E-state index in [4.69, 9.17) is 4.74 Å². The summed E-state index contributed by atoms with van der Waals surface area (Å²) in [4.78, 5) is 0. The van der Waals surface area contributed by atoms with Gasteiger partial charge in [0.2, 0.25) is 6.61 Å². The highest BCUT2D eigenvalue weighted by Gasteiger charge is 2.19. The van der Waals surface area contributed by atoms with E-state index in [1.165, 1.54) is 16.7 Å². The first kappa shape index (κ1) is 11.4. The molecule has 0 aliphatic carbocycles. The molecule has 0 atom stereocenters. The molecule has 0 aromatic carbocycles. The van der Waals surface area contributed by atoms with Crippen molar-refractivity contribution in [1.82, 2.24) is 0 Å². The van der Waals surface area contributed by atoms with Crippen molar-refractivity contribution in [3.05, 3.63) is 29.1 Å². The summed E-state index contributed by atoms with van der Waals surface area (Å²) in [5, 5.41) is 0. The molecule has 0 unspecified atom stereocenters. The fourth-order valence-corrected chi connectivity index (χ4v) is 2.01. The van der Waals surface area contributed by atoms with Gasteiger partial charge in [-0.15, -0.1) is 0 Å². The van der Waals surface area contributed by atoms with Crippen LogP contribution in [0.4, 0.5) is 0 Å². The topological polar surface area (TPSA) is 9.23 Å². The molecular weight excluding hydrogens is 172 g/mol. The van der Waals surface area contributed by atoms with E-state index in [9.17, 15) is 0 Å². The van der Waals surface area contributed by atoms with Crippen molar-refractivity contribution in [3.8, 4) is 0 Å². The zero-order valence-electron chi connectivity index (χ0n) is 9.74. The van der Waals surface area contributed by atoms with Crippen LogP contribution in [-0.4, -0.2) is 0 Å². The minimum absolute atomic E-state index is 0.969. The SMILES string of the molecule is CCC1=C(CC)C(CC)=C(CC)O[C]1. The first-order valence-corrected chi connectivity index (χ1v) is 5.65. The minimum atomic E-state index is 0.969. The van der Waals surface area contributed by atoms with E-state index >= 15 is 0 Å². The highest BCUT2D eigenvalue weighted by molar-refractivity contribution is 5.42. The highest BCUT2D eigenvalue weighted by atomic mass is 16.5. The number of hydrogen-bond acceptors (Lipinski definition) is 1. The second-order valence-electron chi connectivity index (χ2n) is 3.48. The van der Waals surface area contributed by atoms with Crippen LogP contribution < -0.4 is 0 Å². The molecule has 78 valence electrons. The van der Waals surface area contributed by atoms with Gasteiger partial charge in [0, 0.05) is 6.42 Å². The van der Waals surface area contributed by atoms with Crippen LogP contribution in [0.15, 0.2) is 22.5 Å². The molecule has 0 amide bonds. The van der Waals surface area contributed by atoms with Crippen LogP contribution in [0.5, 0.6) is 0 Å². The summed E-state index contributed by atoms with van der Waals surface area (Å²) in [5.74, 6) is 1.11. The van der Waals surface area contributed by atoms with Crippen molar-refractivity contribution < 1.29 is 4.74 Å². The fraction of sp³-hybridized carbons (Fsp3) is 0.615. The van der Waals surface area contributed by atoms with Crippen LogP contribution in [0, 0.1) is 6.61 Å². The molecule has 0 aromatic heterocycles. The van der Waals surface area contributed by atoms with Gasteiger partial charge in [0.15, 0.2) is 0 Å². The lowest BCUT2D eigenvalue weighted by molar-refractivity contribution is 0.277. The predicted molar refractivity (Wildman–Crippen MR) is 59.5 cm³/mol. The molecule has 1 rings (SSSR count). The van der Waals surface area contributed by atoms with E-state index in [-0.39, 0.29) is 0 Å². The van der Waals surface area contributed by atoms with E-state index in [1.807, 2.05) is 0 Å². The second-order valence-corrected chi connectivity index (χ2v) is 3.48. The summed E-state index contributed by atoms with van der Waals surface area (Å²) in [6, 6.07) is 0. The summed E-state index contributed by atoms with van der Waals surface area (Å²) in [7, 11) is 0. The average molecular weight is 192 g/mol. The maximum atomic E-state index is 5.54. The molecule has 0 saturated heterocycles. The molecule has 14 heavy (non-hydrogen) atoms. The van der Waals surface area contributed by atoms with E-state index < -0.39 is 0 Å². The maximum absolute atomic E-state index is 5.54. The monoisotopic (exact) mass is 192 g/mol. The molecule has 0 aromatic rings. The van der Waals surface area contributed by atoms with E-state index in [0.29, 0.717) is 0 Å². The van der Waals surface area contributed by atoms with Gasteiger partial charge in [-0.2, -0.15) is 0 Å². The van der Waals surface area contributed by atoms with Crippen LogP contribution in [0.2, 0.25) is 0 Å². The van der Waals surface area contributed by atoms with Gasteiger partial charge in [0.05, 0.1) is 0 Å². The van der Waals surface area contributed by atoms with Crippen LogP contribution in [0.1, 0.15) is 53.4 Å². The zero-order valence-corrected chi connectivity index (χ0v) is 9.74. The molecule has 0 fully saturated rings. The maximum Gasteiger partial charge on any atom is 0.225 e. The van der Waals surface area contributed by atoms with Crippen molar-refractivity contribution >= 4 is 0 Å². The Morgan fingerprint density at radius 1 is 0.857 bits per heavy atom. The molecule has 2 radical (unpaired) electrons. The third kappa shape index (κ3) is 2.02. The van der Waals surface area contributed by atoms with Crippen molar-refractivity contribution in [3.63, 3.8) is 0 Å². The first-order chi connectivity index (χ1) is 6.78. The Bertz CT molecular complexity index is 230. The Morgan fingerprint density at radius 2 is 1.50 bits per heavy atom. The Morgan fingerprint density at radius 3 is 1.93 bits per heavy atom. The summed E-state index contributed by atoms with van der Waals surface area (Å²) >= 11 is 0. The highest BCUT2D eigenvalue weighted by Crippen LogP contribution is 2.34. The summed E-state index contributed by atoms with van der Waals surface area (Å²) in [6.07, 6.45) is 4.14. The molecule has 0 saturated carbocycles. The number of rotatable bonds is 4. The van der Waals surface area contributed by atoms with Gasteiger partial charge >= 0.3 is 0 Å². The first-order valence-electron chi connectivity index (χ1n) is 5.65. The lowest BCUT2D eigenvalue weighted by Gasteiger charge is -2.24. The van der Waals surface area contributed by atoms with Crippen LogP contribution in [0.25, 0.3) is 0 Å². The molecule has 1 heterocycles. The smallest absolute Gasteiger partial charge is 0.225 e. The van der Waals surface area contributed by atoms with Crippen molar-refractivity contribution in [2.24, 2.45) is 0 Å². The Kier molecular flexibility index (Phi) is 4.24. The van der Waals surface area contributed by atoms with Gasteiger partial charge in [0.25, 0.3) is 0 Å². The van der Waals surface area contributed by atoms with Crippen LogP contribution >= 0.6 is 0 Å². The van der Waals surface area contributed by atoms with Crippen molar-refractivity contribution in [1.29, 1.82) is 0 Å². The Hall–Kier alpha value is -0.720. The molecule has 1 aliphatic heterocycles. The quantitative estimate of drug-likeness (QED) is 0.647. The molecule has 1 nitrogen and oxygen atoms in total. The van der Waals surface area contributed by atoms with Crippen molar-refractivity contribution in [2.45, 2.75) is 53.4 Å². The molecule has 1 heteroatoms. The Labute approximate surface area is 87.8 Å². The second kappa shape index (κ2) is 5.23. The number of hydrogen-bond donors (Lipinski definition) is 0. The fourth-order valence-electron chi connectivity index (χ4n) is 2.01. The molecular formula is C13H20O. The normalized spacial score (nSPS) is 17.4. The summed E-state index contributed by atoms with van der Waals surface area (Å²) in [5.41, 5.74) is 4.12. The van der Waals surface area contributed by atoms with Crippen LogP contribution in [0.3, 0.4) is 0 Å². The average Bonchev–Trinajstić information content (AvgIpc) is 2.26. The van der Waals surface area contributed by atoms with Gasteiger partial charge in [-0.1, -0.05) is 27.7 Å². The number of allylic oxidation sites excluding steroid dienone is 3. The van der Waals surface area contributed by atoms with E-state index in [0.717, 1.165) is 31.4 Å². The molecule has 0 N–H and O–H groups in total. The van der Waals surface area contributed by atoms with Crippen LogP contribution in [-0.2, 0) is 4.74 Å². The molecule has 0 bridgehead atoms. The molecule has 0 spiro atoms. The van der Waals surface area contributed by atoms with E-state index in [1.54, 1.807) is 0 Å². The van der Waals surface area contributed by atoms with Crippen molar-refractivity contribution in [2.75, 3.05) is 0 Å². The van der Waals surface area contributed by atoms with Gasteiger partial charge in [-0.05, 0) is 36.0 Å². The van der Waals surface area contributed by atoms with E-state index in [2.05, 4.69) is 34.3 Å². The third-order valence-electron chi connectivity index (χ3n) is 2.74.